The summed E-state index contributed by atoms with van der Waals surface area (Å²) in [5.41, 5.74) is 4.60. The van der Waals surface area contributed by atoms with Gasteiger partial charge < -0.3 is 10.3 Å². The van der Waals surface area contributed by atoms with Gasteiger partial charge in [-0.15, -0.1) is 0 Å². The van der Waals surface area contributed by atoms with Gasteiger partial charge in [-0.2, -0.15) is 0 Å². The SMILES string of the molecule is Cc1ccc(S(=O)(=O)Nc2ccc(C(=O)NC(C)c3ncc(-c4ccccc4)[nH]3)cc2)cc1C. The summed E-state index contributed by atoms with van der Waals surface area (Å²) < 4.78 is 27.9. The predicted octanol–water partition coefficient (Wildman–Crippen LogP) is 4.99. The second kappa shape index (κ2) is 9.52. The van der Waals surface area contributed by atoms with Gasteiger partial charge in [0.1, 0.15) is 5.82 Å². The number of hydrogen-bond acceptors (Lipinski definition) is 4. The molecular weight excluding hydrogens is 448 g/mol. The van der Waals surface area contributed by atoms with E-state index < -0.39 is 10.0 Å². The highest BCUT2D eigenvalue weighted by atomic mass is 32.2. The van der Waals surface area contributed by atoms with Crippen LogP contribution >= 0.6 is 0 Å². The summed E-state index contributed by atoms with van der Waals surface area (Å²) in [7, 11) is -3.72. The van der Waals surface area contributed by atoms with E-state index >= 15 is 0 Å². The second-order valence-electron chi connectivity index (χ2n) is 8.17. The quantitative estimate of drug-likeness (QED) is 0.351. The normalized spacial score (nSPS) is 12.2. The van der Waals surface area contributed by atoms with Crippen LogP contribution in [0.5, 0.6) is 0 Å². The Morgan fingerprint density at radius 1 is 0.941 bits per heavy atom. The number of anilines is 1. The summed E-state index contributed by atoms with van der Waals surface area (Å²) in [5.74, 6) is 0.360. The third-order valence-corrected chi connectivity index (χ3v) is 7.00. The van der Waals surface area contributed by atoms with E-state index in [9.17, 15) is 13.2 Å². The number of rotatable bonds is 7. The van der Waals surface area contributed by atoms with E-state index in [2.05, 4.69) is 20.0 Å². The number of benzene rings is 3. The van der Waals surface area contributed by atoms with Crippen molar-refractivity contribution in [3.8, 4) is 11.3 Å². The van der Waals surface area contributed by atoms with Gasteiger partial charge in [0.25, 0.3) is 15.9 Å². The van der Waals surface area contributed by atoms with Crippen LogP contribution in [0.25, 0.3) is 11.3 Å². The molecule has 0 bridgehead atoms. The first-order chi connectivity index (χ1) is 16.2. The van der Waals surface area contributed by atoms with Gasteiger partial charge >= 0.3 is 0 Å². The Morgan fingerprint density at radius 3 is 2.32 bits per heavy atom. The summed E-state index contributed by atoms with van der Waals surface area (Å²) in [6.07, 6.45) is 1.74. The molecule has 0 aliphatic rings. The third-order valence-electron chi connectivity index (χ3n) is 5.63. The van der Waals surface area contributed by atoms with Crippen LogP contribution in [0, 0.1) is 13.8 Å². The minimum Gasteiger partial charge on any atom is -0.342 e. The highest BCUT2D eigenvalue weighted by Crippen LogP contribution is 2.21. The molecule has 1 heterocycles. The van der Waals surface area contributed by atoms with E-state index in [4.69, 9.17) is 0 Å². The maximum Gasteiger partial charge on any atom is 0.261 e. The molecule has 4 aromatic rings. The Bertz CT molecular complexity index is 1410. The van der Waals surface area contributed by atoms with Gasteiger partial charge in [-0.3, -0.25) is 9.52 Å². The van der Waals surface area contributed by atoms with Crippen molar-refractivity contribution in [2.75, 3.05) is 4.72 Å². The number of hydrogen-bond donors (Lipinski definition) is 3. The van der Waals surface area contributed by atoms with Crippen molar-refractivity contribution in [1.29, 1.82) is 0 Å². The van der Waals surface area contributed by atoms with Gasteiger partial charge in [0, 0.05) is 11.3 Å². The van der Waals surface area contributed by atoms with Crippen LogP contribution < -0.4 is 10.0 Å². The molecule has 1 unspecified atom stereocenters. The zero-order valence-electron chi connectivity index (χ0n) is 19.2. The lowest BCUT2D eigenvalue weighted by molar-refractivity contribution is 0.0938. The maximum atomic E-state index is 12.7. The van der Waals surface area contributed by atoms with Gasteiger partial charge in [-0.1, -0.05) is 36.4 Å². The number of amides is 1. The Balaban J connectivity index is 1.41. The second-order valence-corrected chi connectivity index (χ2v) is 9.85. The van der Waals surface area contributed by atoms with Crippen LogP contribution in [0.3, 0.4) is 0 Å². The van der Waals surface area contributed by atoms with E-state index in [1.807, 2.05) is 51.1 Å². The van der Waals surface area contributed by atoms with Crippen LogP contribution in [-0.2, 0) is 10.0 Å². The van der Waals surface area contributed by atoms with E-state index in [-0.39, 0.29) is 16.8 Å². The van der Waals surface area contributed by atoms with Gasteiger partial charge in [-0.25, -0.2) is 13.4 Å². The highest BCUT2D eigenvalue weighted by molar-refractivity contribution is 7.92. The summed E-state index contributed by atoms with van der Waals surface area (Å²) in [4.78, 5) is 20.5. The number of H-pyrrole nitrogens is 1. The first-order valence-corrected chi connectivity index (χ1v) is 12.3. The molecule has 34 heavy (non-hydrogen) atoms. The molecule has 0 saturated heterocycles. The first-order valence-electron chi connectivity index (χ1n) is 10.8. The van der Waals surface area contributed by atoms with Gasteiger partial charge in [0.2, 0.25) is 0 Å². The minimum atomic E-state index is -3.72. The van der Waals surface area contributed by atoms with Gasteiger partial charge in [-0.05, 0) is 73.9 Å². The van der Waals surface area contributed by atoms with E-state index in [0.717, 1.165) is 22.4 Å². The summed E-state index contributed by atoms with van der Waals surface area (Å²) in [6, 6.07) is 20.8. The largest absolute Gasteiger partial charge is 0.342 e. The summed E-state index contributed by atoms with van der Waals surface area (Å²) >= 11 is 0. The minimum absolute atomic E-state index is 0.194. The predicted molar refractivity (Wildman–Crippen MR) is 133 cm³/mol. The summed E-state index contributed by atoms with van der Waals surface area (Å²) in [6.45, 7) is 5.64. The number of carbonyl (C=O) groups is 1. The van der Waals surface area contributed by atoms with Crippen molar-refractivity contribution >= 4 is 21.6 Å². The number of nitrogens with one attached hydrogen (secondary N) is 3. The average Bonchev–Trinajstić information content (AvgIpc) is 3.32. The average molecular weight is 475 g/mol. The number of sulfonamides is 1. The fourth-order valence-corrected chi connectivity index (χ4v) is 4.60. The van der Waals surface area contributed by atoms with Crippen molar-refractivity contribution in [3.63, 3.8) is 0 Å². The molecule has 1 amide bonds. The molecule has 3 N–H and O–H groups in total. The molecule has 8 heteroatoms. The smallest absolute Gasteiger partial charge is 0.261 e. The lowest BCUT2D eigenvalue weighted by Gasteiger charge is -2.13. The zero-order valence-corrected chi connectivity index (χ0v) is 20.0. The molecule has 0 saturated carbocycles. The molecule has 0 aliphatic carbocycles. The maximum absolute atomic E-state index is 12.7. The number of aromatic nitrogens is 2. The van der Waals surface area contributed by atoms with Crippen molar-refractivity contribution in [2.24, 2.45) is 0 Å². The molecule has 0 spiro atoms. The molecule has 7 nitrogen and oxygen atoms in total. The number of aromatic amines is 1. The van der Waals surface area contributed by atoms with E-state index in [1.165, 1.54) is 0 Å². The van der Waals surface area contributed by atoms with Crippen LogP contribution in [0.4, 0.5) is 5.69 Å². The topological polar surface area (TPSA) is 104 Å². The molecule has 1 atom stereocenters. The summed E-state index contributed by atoms with van der Waals surface area (Å²) in [5, 5.41) is 2.91. The molecule has 1 aromatic heterocycles. The van der Waals surface area contributed by atoms with E-state index in [0.29, 0.717) is 17.1 Å². The number of aryl methyl sites for hydroxylation is 2. The molecule has 4 rings (SSSR count). The number of imidazole rings is 1. The molecule has 0 fully saturated rings. The number of carbonyl (C=O) groups excluding carboxylic acids is 1. The monoisotopic (exact) mass is 474 g/mol. The molecule has 0 radical (unpaired) electrons. The van der Waals surface area contributed by atoms with Gasteiger partial charge in [0.05, 0.1) is 22.8 Å². The number of nitrogens with zero attached hydrogens (tertiary/aromatic N) is 1. The first kappa shape index (κ1) is 23.3. The van der Waals surface area contributed by atoms with Crippen molar-refractivity contribution in [2.45, 2.75) is 31.7 Å². The Labute approximate surface area is 199 Å². The Kier molecular flexibility index (Phi) is 6.51. The van der Waals surface area contributed by atoms with Crippen molar-refractivity contribution in [1.82, 2.24) is 15.3 Å². The molecule has 174 valence electrons. The van der Waals surface area contributed by atoms with E-state index in [1.54, 1.807) is 48.7 Å². The van der Waals surface area contributed by atoms with Crippen LogP contribution in [0.1, 0.15) is 40.3 Å². The fraction of sp³-hybridized carbons (Fsp3) is 0.154. The highest BCUT2D eigenvalue weighted by Gasteiger charge is 2.17. The van der Waals surface area contributed by atoms with Crippen molar-refractivity contribution in [3.05, 3.63) is 102 Å². The van der Waals surface area contributed by atoms with Crippen LogP contribution in [0.2, 0.25) is 0 Å². The Hall–Kier alpha value is -3.91. The zero-order chi connectivity index (χ0) is 24.3. The van der Waals surface area contributed by atoms with Crippen LogP contribution in [0.15, 0.2) is 83.9 Å². The third kappa shape index (κ3) is 5.18. The molecule has 0 aliphatic heterocycles. The molecular formula is C26H26N4O3S. The molecule has 3 aromatic carbocycles. The van der Waals surface area contributed by atoms with Crippen LogP contribution in [-0.4, -0.2) is 24.3 Å². The van der Waals surface area contributed by atoms with Crippen molar-refractivity contribution < 1.29 is 13.2 Å². The van der Waals surface area contributed by atoms with Gasteiger partial charge in [0.15, 0.2) is 0 Å². The Morgan fingerprint density at radius 2 is 1.65 bits per heavy atom. The lowest BCUT2D eigenvalue weighted by Crippen LogP contribution is -2.27. The standard InChI is InChI=1S/C26H26N4O3S/c1-17-9-14-23(15-18(17)2)34(32,33)30-22-12-10-21(11-13-22)26(31)28-19(3)25-27-16-24(29-25)20-7-5-4-6-8-20/h4-16,19,30H,1-3H3,(H,27,29)(H,28,31). The lowest BCUT2D eigenvalue weighted by atomic mass is 10.1. The fourth-order valence-electron chi connectivity index (χ4n) is 3.45.